The van der Waals surface area contributed by atoms with E-state index in [-0.39, 0.29) is 0 Å². The number of ether oxygens (including phenoxy) is 1. The van der Waals surface area contributed by atoms with E-state index in [1.54, 1.807) is 0 Å². The van der Waals surface area contributed by atoms with E-state index < -0.39 is 5.41 Å². The first-order valence-electron chi connectivity index (χ1n) is 15.5. The third-order valence-electron chi connectivity index (χ3n) is 9.87. The topological polar surface area (TPSA) is 14.2 Å². The van der Waals surface area contributed by atoms with E-state index in [4.69, 9.17) is 4.74 Å². The van der Waals surface area contributed by atoms with Crippen LogP contribution in [-0.2, 0) is 5.41 Å². The Hall–Kier alpha value is -5.86. The van der Waals surface area contributed by atoms with E-state index in [1.807, 2.05) is 0 Å². The minimum Gasteiger partial charge on any atom is -0.457 e. The van der Waals surface area contributed by atoms with Crippen molar-refractivity contribution in [1.82, 2.24) is 4.57 Å². The summed E-state index contributed by atoms with van der Waals surface area (Å²) < 4.78 is 9.20. The zero-order chi connectivity index (χ0) is 29.5. The van der Waals surface area contributed by atoms with Crippen molar-refractivity contribution in [3.63, 3.8) is 0 Å². The van der Waals surface area contributed by atoms with Crippen molar-refractivity contribution in [3.8, 4) is 39.4 Å². The lowest BCUT2D eigenvalue weighted by atomic mass is 9.61. The Morgan fingerprint density at radius 2 is 1.00 bits per heavy atom. The van der Waals surface area contributed by atoms with Gasteiger partial charge in [0.25, 0.3) is 0 Å². The molecule has 0 aliphatic carbocycles. The Labute approximate surface area is 261 Å². The molecule has 0 fully saturated rings. The molecular formula is C43H27NO. The maximum Gasteiger partial charge on any atom is 0.132 e. The van der Waals surface area contributed by atoms with E-state index >= 15 is 0 Å². The lowest BCUT2D eigenvalue weighted by Crippen LogP contribution is -2.37. The summed E-state index contributed by atoms with van der Waals surface area (Å²) in [5.41, 5.74) is 12.8. The summed E-state index contributed by atoms with van der Waals surface area (Å²) in [4.78, 5) is 0. The number of rotatable bonds is 2. The number of hydrogen-bond acceptors (Lipinski definition) is 1. The van der Waals surface area contributed by atoms with Crippen molar-refractivity contribution < 1.29 is 4.74 Å². The van der Waals surface area contributed by atoms with Gasteiger partial charge in [0, 0.05) is 21.9 Å². The molecule has 210 valence electrons. The first-order chi connectivity index (χ1) is 22.3. The Morgan fingerprint density at radius 1 is 0.400 bits per heavy atom. The Morgan fingerprint density at radius 3 is 1.87 bits per heavy atom. The predicted octanol–water partition coefficient (Wildman–Crippen LogP) is 10.9. The highest BCUT2D eigenvalue weighted by Crippen LogP contribution is 2.60. The summed E-state index contributed by atoms with van der Waals surface area (Å²) in [5.74, 6) is 1.80. The van der Waals surface area contributed by atoms with Gasteiger partial charge in [-0.3, -0.25) is 0 Å². The molecule has 0 bridgehead atoms. The van der Waals surface area contributed by atoms with Gasteiger partial charge in [-0.05, 0) is 63.7 Å². The van der Waals surface area contributed by atoms with Crippen LogP contribution in [0.3, 0.4) is 0 Å². The van der Waals surface area contributed by atoms with E-state index in [2.05, 4.69) is 168 Å². The number of nitrogens with zero attached hydrogens (tertiary/aromatic N) is 1. The lowest BCUT2D eigenvalue weighted by Gasteiger charge is -2.45. The van der Waals surface area contributed by atoms with Gasteiger partial charge in [-0.1, -0.05) is 133 Å². The molecule has 1 spiro atoms. The van der Waals surface area contributed by atoms with Gasteiger partial charge in [0.2, 0.25) is 0 Å². The van der Waals surface area contributed by atoms with E-state index in [9.17, 15) is 0 Å². The molecule has 2 nitrogen and oxygen atoms in total. The van der Waals surface area contributed by atoms with Gasteiger partial charge in [0.05, 0.1) is 22.1 Å². The molecule has 0 saturated heterocycles. The van der Waals surface area contributed by atoms with Gasteiger partial charge >= 0.3 is 0 Å². The zero-order valence-electron chi connectivity index (χ0n) is 24.4. The fraction of sp³-hybridized carbons (Fsp3) is 0.0233. The van der Waals surface area contributed by atoms with E-state index in [1.165, 1.54) is 72.0 Å². The summed E-state index contributed by atoms with van der Waals surface area (Å²) in [5, 5.41) is 2.55. The Kier molecular flexibility index (Phi) is 4.95. The number of aromatic nitrogens is 1. The number of benzene rings is 7. The normalized spacial score (nSPS) is 15.8. The van der Waals surface area contributed by atoms with Gasteiger partial charge < -0.3 is 9.30 Å². The van der Waals surface area contributed by atoms with Crippen molar-refractivity contribution in [1.29, 1.82) is 0 Å². The van der Waals surface area contributed by atoms with Crippen LogP contribution >= 0.6 is 0 Å². The van der Waals surface area contributed by atoms with Crippen molar-refractivity contribution in [2.45, 2.75) is 5.41 Å². The molecule has 45 heavy (non-hydrogen) atoms. The maximum atomic E-state index is 6.72. The average molecular weight is 574 g/mol. The number of para-hydroxylation sites is 4. The van der Waals surface area contributed by atoms with Crippen LogP contribution in [0.5, 0.6) is 11.5 Å². The van der Waals surface area contributed by atoms with Gasteiger partial charge in [0.15, 0.2) is 0 Å². The standard InChI is InChI=1S/C43H27NO/c1-2-11-28(12-3-1)29-21-23-30(24-22-29)31-25-26-41-37(27-31)43(35-16-6-9-20-40(35)45-41)34-15-5-8-19-39(34)44-38-18-7-4-13-32(38)33-14-10-17-36(43)42(33)44/h1-27H. The molecule has 0 saturated carbocycles. The summed E-state index contributed by atoms with van der Waals surface area (Å²) in [6.45, 7) is 0. The first kappa shape index (κ1) is 24.6. The molecule has 0 amide bonds. The largest absolute Gasteiger partial charge is 0.457 e. The van der Waals surface area contributed by atoms with Gasteiger partial charge in [-0.15, -0.1) is 0 Å². The molecule has 8 aromatic rings. The molecule has 10 rings (SSSR count). The van der Waals surface area contributed by atoms with E-state index in [0.29, 0.717) is 0 Å². The fourth-order valence-electron chi connectivity index (χ4n) is 7.99. The van der Waals surface area contributed by atoms with Crippen molar-refractivity contribution in [2.75, 3.05) is 0 Å². The highest BCUT2D eigenvalue weighted by Gasteiger charge is 2.50. The smallest absolute Gasteiger partial charge is 0.132 e. The van der Waals surface area contributed by atoms with Crippen LogP contribution < -0.4 is 4.74 Å². The highest BCUT2D eigenvalue weighted by molar-refractivity contribution is 6.12. The van der Waals surface area contributed by atoms with Crippen molar-refractivity contribution in [2.24, 2.45) is 0 Å². The van der Waals surface area contributed by atoms with Gasteiger partial charge in [-0.25, -0.2) is 0 Å². The average Bonchev–Trinajstić information content (AvgIpc) is 3.46. The summed E-state index contributed by atoms with van der Waals surface area (Å²) in [7, 11) is 0. The third kappa shape index (κ3) is 3.23. The van der Waals surface area contributed by atoms with Crippen molar-refractivity contribution in [3.05, 3.63) is 186 Å². The molecule has 7 aromatic carbocycles. The molecule has 0 radical (unpaired) electrons. The zero-order valence-corrected chi connectivity index (χ0v) is 24.4. The maximum absolute atomic E-state index is 6.72. The monoisotopic (exact) mass is 573 g/mol. The highest BCUT2D eigenvalue weighted by atomic mass is 16.5. The quantitative estimate of drug-likeness (QED) is 0.201. The Bertz CT molecular complexity index is 2450. The van der Waals surface area contributed by atoms with Crippen LogP contribution in [0.15, 0.2) is 164 Å². The van der Waals surface area contributed by atoms with E-state index in [0.717, 1.165) is 11.5 Å². The minimum absolute atomic E-state index is 0.565. The summed E-state index contributed by atoms with van der Waals surface area (Å²) >= 11 is 0. The summed E-state index contributed by atoms with van der Waals surface area (Å²) in [6.07, 6.45) is 0. The second kappa shape index (κ2) is 9.07. The second-order valence-electron chi connectivity index (χ2n) is 12.1. The molecule has 3 heterocycles. The molecule has 2 aliphatic heterocycles. The molecule has 1 unspecified atom stereocenters. The SMILES string of the molecule is c1ccc(-c2ccc(-c3ccc4c(c3)C3(c5ccccc5O4)c4ccccc4-n4c5ccccc5c5cccc3c54)cc2)cc1. The Balaban J connectivity index is 1.30. The molecular weight excluding hydrogens is 546 g/mol. The molecule has 1 aromatic heterocycles. The number of hydrogen-bond donors (Lipinski definition) is 0. The van der Waals surface area contributed by atoms with Crippen molar-refractivity contribution >= 4 is 21.8 Å². The molecule has 2 aliphatic rings. The van der Waals surface area contributed by atoms with Gasteiger partial charge in [0.1, 0.15) is 11.5 Å². The first-order valence-corrected chi connectivity index (χ1v) is 15.5. The molecule has 0 N–H and O–H groups in total. The van der Waals surface area contributed by atoms with Crippen LogP contribution in [0.4, 0.5) is 0 Å². The van der Waals surface area contributed by atoms with Gasteiger partial charge in [-0.2, -0.15) is 0 Å². The predicted molar refractivity (Wildman–Crippen MR) is 184 cm³/mol. The van der Waals surface area contributed by atoms with Crippen LogP contribution in [0.25, 0.3) is 49.7 Å². The van der Waals surface area contributed by atoms with Crippen LogP contribution in [-0.4, -0.2) is 4.57 Å². The van der Waals surface area contributed by atoms with Crippen LogP contribution in [0, 0.1) is 0 Å². The summed E-state index contributed by atoms with van der Waals surface area (Å²) in [6, 6.07) is 59.4. The van der Waals surface area contributed by atoms with Crippen LogP contribution in [0.2, 0.25) is 0 Å². The van der Waals surface area contributed by atoms with Crippen LogP contribution in [0.1, 0.15) is 22.3 Å². The fourth-order valence-corrected chi connectivity index (χ4v) is 7.99. The number of fused-ring (bicyclic) bond motifs is 11. The minimum atomic E-state index is -0.565. The second-order valence-corrected chi connectivity index (χ2v) is 12.1. The lowest BCUT2D eigenvalue weighted by molar-refractivity contribution is 0.434. The molecule has 2 heteroatoms. The molecule has 1 atom stereocenters. The third-order valence-corrected chi connectivity index (χ3v) is 9.87.